The highest BCUT2D eigenvalue weighted by Gasteiger charge is 2.28. The first-order valence-electron chi connectivity index (χ1n) is 5.66. The van der Waals surface area contributed by atoms with Gasteiger partial charge in [0.1, 0.15) is 0 Å². The van der Waals surface area contributed by atoms with Crippen molar-refractivity contribution in [2.24, 2.45) is 5.92 Å². The lowest BCUT2D eigenvalue weighted by molar-refractivity contribution is 0.0936. The lowest BCUT2D eigenvalue weighted by Crippen LogP contribution is -2.33. The van der Waals surface area contributed by atoms with Crippen molar-refractivity contribution in [3.8, 4) is 0 Å². The van der Waals surface area contributed by atoms with E-state index in [1.165, 1.54) is 12.8 Å². The number of hydrogen-bond acceptors (Lipinski definition) is 1. The van der Waals surface area contributed by atoms with Gasteiger partial charge in [0.2, 0.25) is 0 Å². The van der Waals surface area contributed by atoms with E-state index in [0.29, 0.717) is 17.4 Å². The van der Waals surface area contributed by atoms with Crippen LogP contribution in [0.1, 0.15) is 35.7 Å². The first kappa shape index (κ1) is 11.5. The van der Waals surface area contributed by atoms with E-state index in [9.17, 15) is 4.79 Å². The average molecular weight is 238 g/mol. The molecule has 0 spiro atoms. The standard InChI is InChI=1S/C13H16ClNO/c1-9(11-5-6-11)15-13(16)12-4-2-3-10(7-12)8-14/h2-4,7,9,11H,5-6,8H2,1H3,(H,15,16). The molecular weight excluding hydrogens is 222 g/mol. The van der Waals surface area contributed by atoms with E-state index in [2.05, 4.69) is 12.2 Å². The SMILES string of the molecule is CC(NC(=O)c1cccc(CCl)c1)C1CC1. The number of amides is 1. The molecule has 1 aliphatic carbocycles. The molecule has 0 heterocycles. The summed E-state index contributed by atoms with van der Waals surface area (Å²) in [6, 6.07) is 7.75. The Balaban J connectivity index is 2.01. The molecule has 16 heavy (non-hydrogen) atoms. The fourth-order valence-corrected chi connectivity index (χ4v) is 1.97. The largest absolute Gasteiger partial charge is 0.349 e. The lowest BCUT2D eigenvalue weighted by atomic mass is 10.1. The molecule has 2 nitrogen and oxygen atoms in total. The minimum atomic E-state index is 0.00590. The van der Waals surface area contributed by atoms with Crippen molar-refractivity contribution < 1.29 is 4.79 Å². The molecule has 1 aromatic rings. The Kier molecular flexibility index (Phi) is 3.49. The summed E-state index contributed by atoms with van der Waals surface area (Å²) in [5.74, 6) is 1.13. The Morgan fingerprint density at radius 3 is 2.94 bits per heavy atom. The van der Waals surface area contributed by atoms with Gasteiger partial charge >= 0.3 is 0 Å². The van der Waals surface area contributed by atoms with E-state index in [4.69, 9.17) is 11.6 Å². The molecular formula is C13H16ClNO. The Morgan fingerprint density at radius 2 is 2.31 bits per heavy atom. The molecule has 1 aliphatic rings. The maximum Gasteiger partial charge on any atom is 0.251 e. The molecule has 1 N–H and O–H groups in total. The van der Waals surface area contributed by atoms with Crippen molar-refractivity contribution in [2.45, 2.75) is 31.7 Å². The van der Waals surface area contributed by atoms with Crippen LogP contribution in [0.4, 0.5) is 0 Å². The molecule has 1 atom stereocenters. The Morgan fingerprint density at radius 1 is 1.56 bits per heavy atom. The van der Waals surface area contributed by atoms with E-state index in [-0.39, 0.29) is 11.9 Å². The van der Waals surface area contributed by atoms with Gasteiger partial charge in [-0.2, -0.15) is 0 Å². The van der Waals surface area contributed by atoms with Crippen molar-refractivity contribution in [3.05, 3.63) is 35.4 Å². The number of nitrogens with one attached hydrogen (secondary N) is 1. The van der Waals surface area contributed by atoms with E-state index in [1.807, 2.05) is 24.3 Å². The maximum absolute atomic E-state index is 11.9. The minimum absolute atomic E-state index is 0.00590. The summed E-state index contributed by atoms with van der Waals surface area (Å²) >= 11 is 5.74. The summed E-state index contributed by atoms with van der Waals surface area (Å²) in [5.41, 5.74) is 1.68. The van der Waals surface area contributed by atoms with Crippen LogP contribution in [0.2, 0.25) is 0 Å². The smallest absolute Gasteiger partial charge is 0.251 e. The van der Waals surface area contributed by atoms with Gasteiger partial charge in [0.15, 0.2) is 0 Å². The van der Waals surface area contributed by atoms with Crippen molar-refractivity contribution in [3.63, 3.8) is 0 Å². The van der Waals surface area contributed by atoms with Gasteiger partial charge in [-0.1, -0.05) is 12.1 Å². The third kappa shape index (κ3) is 2.76. The van der Waals surface area contributed by atoms with E-state index >= 15 is 0 Å². The van der Waals surface area contributed by atoms with Crippen LogP contribution >= 0.6 is 11.6 Å². The Hall–Kier alpha value is -1.02. The molecule has 0 radical (unpaired) electrons. The maximum atomic E-state index is 11.9. The molecule has 0 aliphatic heterocycles. The number of alkyl halides is 1. The molecule has 1 unspecified atom stereocenters. The van der Waals surface area contributed by atoms with Gasteiger partial charge in [-0.3, -0.25) is 4.79 Å². The van der Waals surface area contributed by atoms with Gasteiger partial charge < -0.3 is 5.32 Å². The van der Waals surface area contributed by atoms with Gasteiger partial charge in [0.05, 0.1) is 0 Å². The molecule has 1 fully saturated rings. The van der Waals surface area contributed by atoms with Crippen LogP contribution < -0.4 is 5.32 Å². The number of benzene rings is 1. The third-order valence-electron chi connectivity index (χ3n) is 3.03. The zero-order valence-corrected chi connectivity index (χ0v) is 10.1. The first-order valence-corrected chi connectivity index (χ1v) is 6.20. The normalized spacial score (nSPS) is 16.9. The van der Waals surface area contributed by atoms with Gasteiger partial charge in [-0.05, 0) is 43.4 Å². The van der Waals surface area contributed by atoms with E-state index < -0.39 is 0 Å². The summed E-state index contributed by atoms with van der Waals surface area (Å²) in [7, 11) is 0. The van der Waals surface area contributed by atoms with Crippen LogP contribution in [0.25, 0.3) is 0 Å². The number of hydrogen-bond donors (Lipinski definition) is 1. The average Bonchev–Trinajstić information content (AvgIpc) is 3.13. The molecule has 0 bridgehead atoms. The lowest BCUT2D eigenvalue weighted by Gasteiger charge is -2.12. The number of rotatable bonds is 4. The fourth-order valence-electron chi connectivity index (χ4n) is 1.80. The molecule has 1 saturated carbocycles. The summed E-state index contributed by atoms with van der Waals surface area (Å²) in [5, 5.41) is 3.03. The molecule has 0 aromatic heterocycles. The molecule has 86 valence electrons. The van der Waals surface area contributed by atoms with Gasteiger partial charge in [0, 0.05) is 17.5 Å². The molecule has 1 aromatic carbocycles. The highest BCUT2D eigenvalue weighted by Crippen LogP contribution is 2.32. The van der Waals surface area contributed by atoms with E-state index in [0.717, 1.165) is 5.56 Å². The minimum Gasteiger partial charge on any atom is -0.349 e. The monoisotopic (exact) mass is 237 g/mol. The summed E-state index contributed by atoms with van der Waals surface area (Å²) in [4.78, 5) is 11.9. The molecule has 0 saturated heterocycles. The van der Waals surface area contributed by atoms with E-state index in [1.54, 1.807) is 0 Å². The summed E-state index contributed by atoms with van der Waals surface area (Å²) < 4.78 is 0. The van der Waals surface area contributed by atoms with Crippen molar-refractivity contribution in [1.82, 2.24) is 5.32 Å². The second-order valence-corrected chi connectivity index (χ2v) is 4.70. The van der Waals surface area contributed by atoms with Crippen molar-refractivity contribution in [1.29, 1.82) is 0 Å². The highest BCUT2D eigenvalue weighted by molar-refractivity contribution is 6.17. The van der Waals surface area contributed by atoms with Gasteiger partial charge in [0.25, 0.3) is 5.91 Å². The zero-order chi connectivity index (χ0) is 11.5. The second kappa shape index (κ2) is 4.88. The molecule has 1 amide bonds. The van der Waals surface area contributed by atoms with Crippen LogP contribution in [0.3, 0.4) is 0 Å². The number of carbonyl (C=O) groups is 1. The summed E-state index contributed by atoms with van der Waals surface area (Å²) in [6.45, 7) is 2.07. The Bertz CT molecular complexity index is 387. The molecule has 3 heteroatoms. The topological polar surface area (TPSA) is 29.1 Å². The van der Waals surface area contributed by atoms with Crippen LogP contribution in [0.5, 0.6) is 0 Å². The van der Waals surface area contributed by atoms with Gasteiger partial charge in [-0.25, -0.2) is 0 Å². The van der Waals surface area contributed by atoms with Crippen LogP contribution in [-0.4, -0.2) is 11.9 Å². The number of halogens is 1. The predicted molar refractivity (Wildman–Crippen MR) is 65.7 cm³/mol. The zero-order valence-electron chi connectivity index (χ0n) is 9.37. The van der Waals surface area contributed by atoms with Gasteiger partial charge in [-0.15, -0.1) is 11.6 Å². The van der Waals surface area contributed by atoms with Crippen molar-refractivity contribution >= 4 is 17.5 Å². The van der Waals surface area contributed by atoms with Crippen LogP contribution in [-0.2, 0) is 5.88 Å². The van der Waals surface area contributed by atoms with Crippen LogP contribution in [0.15, 0.2) is 24.3 Å². The first-order chi connectivity index (χ1) is 7.70. The van der Waals surface area contributed by atoms with Crippen LogP contribution in [0, 0.1) is 5.92 Å². The second-order valence-electron chi connectivity index (χ2n) is 4.43. The summed E-state index contributed by atoms with van der Waals surface area (Å²) in [6.07, 6.45) is 2.48. The molecule has 2 rings (SSSR count). The quantitative estimate of drug-likeness (QED) is 0.802. The third-order valence-corrected chi connectivity index (χ3v) is 3.34. The fraction of sp³-hybridized carbons (Fsp3) is 0.462. The predicted octanol–water partition coefficient (Wildman–Crippen LogP) is 2.95. The number of carbonyl (C=O) groups excluding carboxylic acids is 1. The van der Waals surface area contributed by atoms with Crippen molar-refractivity contribution in [2.75, 3.05) is 0 Å². The Labute approximate surface area is 101 Å². The highest BCUT2D eigenvalue weighted by atomic mass is 35.5.